The minimum absolute atomic E-state index is 0. The first kappa shape index (κ1) is 38.3. The molecule has 0 aliphatic carbocycles. The van der Waals surface area contributed by atoms with Crippen molar-refractivity contribution in [3.8, 4) is 0 Å². The summed E-state index contributed by atoms with van der Waals surface area (Å²) in [6.45, 7) is 14.5. The summed E-state index contributed by atoms with van der Waals surface area (Å²) in [4.78, 5) is 15.5. The van der Waals surface area contributed by atoms with Crippen molar-refractivity contribution < 1.29 is 70.2 Å². The molecule has 0 fully saturated rings. The van der Waals surface area contributed by atoms with Crippen molar-refractivity contribution in [1.82, 2.24) is 10.3 Å². The van der Waals surface area contributed by atoms with Crippen molar-refractivity contribution in [2.24, 2.45) is 0 Å². The van der Waals surface area contributed by atoms with Gasteiger partial charge in [-0.3, -0.25) is 4.98 Å². The first-order valence-corrected chi connectivity index (χ1v) is 10.6. The van der Waals surface area contributed by atoms with Crippen molar-refractivity contribution in [3.63, 3.8) is 0 Å². The summed E-state index contributed by atoms with van der Waals surface area (Å²) in [6.07, 6.45) is 3.42. The van der Waals surface area contributed by atoms with Crippen molar-refractivity contribution in [2.45, 2.75) is 55.0 Å². The summed E-state index contributed by atoms with van der Waals surface area (Å²) in [5.41, 5.74) is 2.90. The van der Waals surface area contributed by atoms with Crippen LogP contribution in [-0.4, -0.2) is 11.0 Å². The van der Waals surface area contributed by atoms with Gasteiger partial charge in [-0.1, -0.05) is 60.2 Å². The molecule has 0 aliphatic rings. The quantitative estimate of drug-likeness (QED) is 0.323. The van der Waals surface area contributed by atoms with Crippen LogP contribution < -0.4 is 10.6 Å². The van der Waals surface area contributed by atoms with E-state index in [9.17, 15) is 4.79 Å². The van der Waals surface area contributed by atoms with E-state index in [0.29, 0.717) is 6.54 Å². The first-order chi connectivity index (χ1) is 14.7. The van der Waals surface area contributed by atoms with Crippen molar-refractivity contribution in [1.29, 1.82) is 0 Å². The number of carbonyl (C=O) groups is 1. The monoisotopic (exact) mass is 585 g/mol. The fourth-order valence-electron chi connectivity index (χ4n) is 1.81. The average molecular weight is 585 g/mol. The number of urea groups is 1. The zero-order valence-electron chi connectivity index (χ0n) is 20.6. The van der Waals surface area contributed by atoms with E-state index in [2.05, 4.69) is 27.8 Å². The van der Waals surface area contributed by atoms with Gasteiger partial charge in [0.05, 0.1) is 0 Å². The molecule has 2 N–H and O–H groups in total. The molecular formula is C26H37N3OY2-2. The van der Waals surface area contributed by atoms with Crippen molar-refractivity contribution >= 4 is 11.7 Å². The zero-order valence-corrected chi connectivity index (χ0v) is 26.3. The van der Waals surface area contributed by atoms with Crippen LogP contribution in [0.3, 0.4) is 0 Å². The van der Waals surface area contributed by atoms with Gasteiger partial charge < -0.3 is 10.6 Å². The van der Waals surface area contributed by atoms with Gasteiger partial charge in [0.2, 0.25) is 0 Å². The van der Waals surface area contributed by atoms with Crippen molar-refractivity contribution in [3.05, 3.63) is 96.3 Å². The minimum Gasteiger partial charge on any atom is -0.334 e. The number of aromatic nitrogens is 1. The topological polar surface area (TPSA) is 54.0 Å². The molecule has 2 aromatic carbocycles. The maximum atomic E-state index is 11.5. The molecule has 6 heteroatoms. The molecular weight excluding hydrogens is 548 g/mol. The van der Waals surface area contributed by atoms with Crippen LogP contribution in [0.4, 0.5) is 10.5 Å². The third-order valence-corrected chi connectivity index (χ3v) is 3.02. The average Bonchev–Trinajstić information content (AvgIpc) is 2.84. The maximum absolute atomic E-state index is 11.5. The molecule has 3 aromatic rings. The SMILES string of the molecule is CC.CC.CC.Cc1[c-]cccc1.O=C(NCc1cccnc1)Nc1cc[c-]cc1.[Y].[Y]. The van der Waals surface area contributed by atoms with Gasteiger partial charge in [0, 0.05) is 84.4 Å². The van der Waals surface area contributed by atoms with Gasteiger partial charge in [0.25, 0.3) is 0 Å². The van der Waals surface area contributed by atoms with E-state index in [1.807, 2.05) is 84.9 Å². The van der Waals surface area contributed by atoms with Crippen LogP contribution >= 0.6 is 0 Å². The van der Waals surface area contributed by atoms with Gasteiger partial charge in [-0.25, -0.2) is 4.79 Å². The summed E-state index contributed by atoms with van der Waals surface area (Å²) < 4.78 is 0. The predicted molar refractivity (Wildman–Crippen MR) is 129 cm³/mol. The fraction of sp³-hybridized carbons (Fsp3) is 0.308. The number of rotatable bonds is 3. The van der Waals surface area contributed by atoms with Gasteiger partial charge in [-0.15, -0.1) is 12.1 Å². The first-order valence-electron chi connectivity index (χ1n) is 10.6. The summed E-state index contributed by atoms with van der Waals surface area (Å²) in [7, 11) is 0. The number of amides is 2. The Morgan fingerprint density at radius 1 is 0.875 bits per heavy atom. The Bertz CT molecular complexity index is 728. The number of carbonyl (C=O) groups excluding carboxylic acids is 1. The zero-order chi connectivity index (χ0) is 23.0. The number of pyridine rings is 1. The second-order valence-electron chi connectivity index (χ2n) is 5.00. The van der Waals surface area contributed by atoms with Gasteiger partial charge in [0.15, 0.2) is 0 Å². The molecule has 0 saturated heterocycles. The third-order valence-electron chi connectivity index (χ3n) is 3.02. The van der Waals surface area contributed by atoms with E-state index < -0.39 is 0 Å². The molecule has 2 amide bonds. The van der Waals surface area contributed by atoms with E-state index in [1.54, 1.807) is 36.7 Å². The van der Waals surface area contributed by atoms with Gasteiger partial charge in [-0.05, 0) is 11.6 Å². The van der Waals surface area contributed by atoms with E-state index in [1.165, 1.54) is 5.56 Å². The molecule has 0 unspecified atom stereocenters. The maximum Gasteiger partial charge on any atom is 0.317 e. The number of nitrogens with one attached hydrogen (secondary N) is 2. The molecule has 1 heterocycles. The summed E-state index contributed by atoms with van der Waals surface area (Å²) >= 11 is 0. The number of hydrogen-bond acceptors (Lipinski definition) is 2. The molecule has 4 nitrogen and oxygen atoms in total. The summed E-state index contributed by atoms with van der Waals surface area (Å²) in [5, 5.41) is 5.47. The molecule has 32 heavy (non-hydrogen) atoms. The molecule has 0 saturated carbocycles. The van der Waals surface area contributed by atoms with Crippen LogP contribution in [0.25, 0.3) is 0 Å². The Hall–Kier alpha value is -0.932. The summed E-state index contributed by atoms with van der Waals surface area (Å²) in [6, 6.07) is 24.4. The van der Waals surface area contributed by atoms with Gasteiger partial charge in [-0.2, -0.15) is 54.1 Å². The Kier molecular flexibility index (Phi) is 36.0. The minimum atomic E-state index is -0.236. The smallest absolute Gasteiger partial charge is 0.317 e. The van der Waals surface area contributed by atoms with Crippen LogP contribution in [-0.2, 0) is 72.0 Å². The standard InChI is InChI=1S/C13H12N3O.C7H7.3C2H6.2Y/c17-13(16-12-6-2-1-3-7-12)15-10-11-5-4-8-14-9-11;1-7-5-3-2-4-6-7;3*1-2;;/h2-9H,10H2,(H2,15,16,17);2-5H,1H3;3*1-2H3;;/q2*-1;;;;;. The molecule has 0 bridgehead atoms. The van der Waals surface area contributed by atoms with Crippen LogP contribution in [0.2, 0.25) is 0 Å². The fourth-order valence-corrected chi connectivity index (χ4v) is 1.81. The normalized spacial score (nSPS) is 7.59. The number of aryl methyl sites for hydroxylation is 1. The van der Waals surface area contributed by atoms with Crippen LogP contribution in [0, 0.1) is 19.1 Å². The summed E-state index contributed by atoms with van der Waals surface area (Å²) in [5.74, 6) is 0. The second kappa shape index (κ2) is 30.1. The molecule has 0 spiro atoms. The van der Waals surface area contributed by atoms with E-state index in [4.69, 9.17) is 0 Å². The Balaban J connectivity index is -0.000000221. The predicted octanol–water partition coefficient (Wildman–Crippen LogP) is 7.07. The Labute approximate surface area is 246 Å². The van der Waals surface area contributed by atoms with E-state index in [-0.39, 0.29) is 71.4 Å². The number of anilines is 1. The third kappa shape index (κ3) is 22.3. The van der Waals surface area contributed by atoms with Gasteiger partial charge >= 0.3 is 6.03 Å². The molecule has 3 rings (SSSR count). The van der Waals surface area contributed by atoms with E-state index in [0.717, 1.165) is 11.3 Å². The molecule has 0 aliphatic heterocycles. The number of benzene rings is 2. The Morgan fingerprint density at radius 3 is 1.94 bits per heavy atom. The largest absolute Gasteiger partial charge is 0.334 e. The van der Waals surface area contributed by atoms with Crippen LogP contribution in [0.1, 0.15) is 52.7 Å². The number of hydrogen-bond donors (Lipinski definition) is 2. The second-order valence-corrected chi connectivity index (χ2v) is 5.00. The molecule has 170 valence electrons. The van der Waals surface area contributed by atoms with Crippen LogP contribution in [0.5, 0.6) is 0 Å². The van der Waals surface area contributed by atoms with Gasteiger partial charge in [0.1, 0.15) is 0 Å². The number of nitrogens with zero attached hydrogens (tertiary/aromatic N) is 1. The van der Waals surface area contributed by atoms with E-state index >= 15 is 0 Å². The Morgan fingerprint density at radius 2 is 1.50 bits per heavy atom. The molecule has 1 aromatic heterocycles. The van der Waals surface area contributed by atoms with Crippen molar-refractivity contribution in [2.75, 3.05) is 5.32 Å². The van der Waals surface area contributed by atoms with Crippen LogP contribution in [0.15, 0.2) is 73.1 Å². The molecule has 0 atom stereocenters. The molecule has 2 radical (unpaired) electrons.